The molecule has 1 amide bonds. The molecule has 2 rings (SSSR count). The van der Waals surface area contributed by atoms with Crippen LogP contribution in [0.1, 0.15) is 36.7 Å². The second-order valence-electron chi connectivity index (χ2n) is 5.78. The Kier molecular flexibility index (Phi) is 4.02. The molecule has 1 N–H and O–H groups in total. The lowest BCUT2D eigenvalue weighted by atomic mass is 9.87. The molecule has 0 aliphatic heterocycles. The number of aromatic nitrogens is 1. The molecule has 0 fully saturated rings. The minimum atomic E-state index is -1.02. The van der Waals surface area contributed by atoms with Crippen LogP contribution in [0.4, 0.5) is 14.5 Å². The van der Waals surface area contributed by atoms with Crippen molar-refractivity contribution >= 4 is 11.6 Å². The summed E-state index contributed by atoms with van der Waals surface area (Å²) < 4.78 is 26.0. The van der Waals surface area contributed by atoms with Gasteiger partial charge in [0.2, 0.25) is 11.9 Å². The van der Waals surface area contributed by atoms with Crippen LogP contribution in [0.3, 0.4) is 0 Å². The van der Waals surface area contributed by atoms with Gasteiger partial charge in [-0.1, -0.05) is 32.9 Å². The normalized spacial score (nSPS) is 11.3. The number of carbonyl (C=O) groups is 1. The summed E-state index contributed by atoms with van der Waals surface area (Å²) in [6.45, 7) is 6.26. The van der Waals surface area contributed by atoms with Gasteiger partial charge in [-0.25, -0.2) is 0 Å². The van der Waals surface area contributed by atoms with E-state index in [1.807, 2.05) is 12.1 Å². The lowest BCUT2D eigenvalue weighted by Gasteiger charge is -2.19. The van der Waals surface area contributed by atoms with E-state index in [0.717, 1.165) is 17.7 Å². The van der Waals surface area contributed by atoms with Crippen LogP contribution in [-0.2, 0) is 5.41 Å². The third-order valence-electron chi connectivity index (χ3n) is 3.03. The first kappa shape index (κ1) is 15.1. The minimum absolute atomic E-state index is 0.0138. The summed E-state index contributed by atoms with van der Waals surface area (Å²) in [6, 6.07) is 9.11. The Morgan fingerprint density at radius 1 is 1.05 bits per heavy atom. The average molecular weight is 290 g/mol. The summed E-state index contributed by atoms with van der Waals surface area (Å²) >= 11 is 0. The summed E-state index contributed by atoms with van der Waals surface area (Å²) in [4.78, 5) is 14.9. The topological polar surface area (TPSA) is 42.0 Å². The number of rotatable bonds is 2. The third-order valence-corrected chi connectivity index (χ3v) is 3.03. The smallest absolute Gasteiger partial charge is 0.255 e. The molecule has 0 saturated carbocycles. The van der Waals surface area contributed by atoms with Crippen LogP contribution in [0.15, 0.2) is 36.4 Å². The van der Waals surface area contributed by atoms with E-state index in [1.165, 1.54) is 0 Å². The molecule has 1 aromatic heterocycles. The molecule has 2 aromatic rings. The highest BCUT2D eigenvalue weighted by Crippen LogP contribution is 2.23. The fourth-order valence-electron chi connectivity index (χ4n) is 1.85. The quantitative estimate of drug-likeness (QED) is 0.852. The zero-order chi connectivity index (χ0) is 15.6. The SMILES string of the molecule is CC(C)(C)c1ccc(NC(=O)c2cc(F)nc(F)c2)cc1. The van der Waals surface area contributed by atoms with E-state index in [1.54, 1.807) is 12.1 Å². The Labute approximate surface area is 122 Å². The maximum absolute atomic E-state index is 13.0. The average Bonchev–Trinajstić information content (AvgIpc) is 2.37. The summed E-state index contributed by atoms with van der Waals surface area (Å²) in [5, 5.41) is 2.59. The molecule has 0 atom stereocenters. The first-order chi connectivity index (χ1) is 9.75. The molecule has 1 aromatic carbocycles. The summed E-state index contributed by atoms with van der Waals surface area (Å²) in [5.74, 6) is -2.63. The number of amides is 1. The molecular weight excluding hydrogens is 274 g/mol. The number of hydrogen-bond donors (Lipinski definition) is 1. The third kappa shape index (κ3) is 3.84. The van der Waals surface area contributed by atoms with Gasteiger partial charge >= 0.3 is 0 Å². The monoisotopic (exact) mass is 290 g/mol. The van der Waals surface area contributed by atoms with E-state index in [2.05, 4.69) is 31.1 Å². The van der Waals surface area contributed by atoms with E-state index < -0.39 is 17.8 Å². The van der Waals surface area contributed by atoms with Crippen molar-refractivity contribution in [3.05, 3.63) is 59.4 Å². The maximum Gasteiger partial charge on any atom is 0.255 e. The van der Waals surface area contributed by atoms with Gasteiger partial charge in [0.25, 0.3) is 5.91 Å². The molecule has 5 heteroatoms. The van der Waals surface area contributed by atoms with Crippen LogP contribution in [-0.4, -0.2) is 10.9 Å². The fourth-order valence-corrected chi connectivity index (χ4v) is 1.85. The summed E-state index contributed by atoms with van der Waals surface area (Å²) in [7, 11) is 0. The number of nitrogens with zero attached hydrogens (tertiary/aromatic N) is 1. The number of benzene rings is 1. The Balaban J connectivity index is 2.16. The molecule has 0 radical (unpaired) electrons. The first-order valence-electron chi connectivity index (χ1n) is 6.51. The molecule has 110 valence electrons. The van der Waals surface area contributed by atoms with Gasteiger partial charge in [-0.3, -0.25) is 4.79 Å². The van der Waals surface area contributed by atoms with Gasteiger partial charge in [-0.05, 0) is 23.1 Å². The molecule has 0 bridgehead atoms. The second-order valence-corrected chi connectivity index (χ2v) is 5.78. The molecule has 0 saturated heterocycles. The fraction of sp³-hybridized carbons (Fsp3) is 0.250. The van der Waals surface area contributed by atoms with Crippen LogP contribution in [0, 0.1) is 11.9 Å². The van der Waals surface area contributed by atoms with E-state index >= 15 is 0 Å². The predicted octanol–water partition coefficient (Wildman–Crippen LogP) is 3.91. The molecule has 0 aliphatic rings. The Hall–Kier alpha value is -2.30. The van der Waals surface area contributed by atoms with Crippen molar-refractivity contribution in [2.24, 2.45) is 0 Å². The second kappa shape index (κ2) is 5.60. The number of carbonyl (C=O) groups excluding carboxylic acids is 1. The molecule has 1 heterocycles. The van der Waals surface area contributed by atoms with Crippen LogP contribution in [0.2, 0.25) is 0 Å². The predicted molar refractivity (Wildman–Crippen MR) is 77.2 cm³/mol. The van der Waals surface area contributed by atoms with Crippen molar-refractivity contribution in [1.29, 1.82) is 0 Å². The summed E-state index contributed by atoms with van der Waals surface area (Å²) in [5.41, 5.74) is 1.59. The highest BCUT2D eigenvalue weighted by Gasteiger charge is 2.14. The Bertz CT molecular complexity index is 641. The number of halogens is 2. The Morgan fingerprint density at radius 3 is 2.05 bits per heavy atom. The van der Waals surface area contributed by atoms with E-state index in [4.69, 9.17) is 0 Å². The zero-order valence-electron chi connectivity index (χ0n) is 12.1. The molecule has 3 nitrogen and oxygen atoms in total. The number of anilines is 1. The van der Waals surface area contributed by atoms with Crippen LogP contribution >= 0.6 is 0 Å². The zero-order valence-corrected chi connectivity index (χ0v) is 12.1. The molecule has 0 unspecified atom stereocenters. The van der Waals surface area contributed by atoms with Crippen LogP contribution in [0.5, 0.6) is 0 Å². The largest absolute Gasteiger partial charge is 0.322 e. The van der Waals surface area contributed by atoms with Crippen molar-refractivity contribution < 1.29 is 13.6 Å². The van der Waals surface area contributed by atoms with Gasteiger partial charge in [-0.2, -0.15) is 13.8 Å². The van der Waals surface area contributed by atoms with Gasteiger partial charge in [0.1, 0.15) is 0 Å². The molecule has 0 aliphatic carbocycles. The van der Waals surface area contributed by atoms with E-state index in [9.17, 15) is 13.6 Å². The van der Waals surface area contributed by atoms with E-state index in [-0.39, 0.29) is 11.0 Å². The highest BCUT2D eigenvalue weighted by molar-refractivity contribution is 6.04. The van der Waals surface area contributed by atoms with Crippen molar-refractivity contribution in [2.45, 2.75) is 26.2 Å². The summed E-state index contributed by atoms with van der Waals surface area (Å²) in [6.07, 6.45) is 0. The number of nitrogens with one attached hydrogen (secondary N) is 1. The molecule has 21 heavy (non-hydrogen) atoms. The molecular formula is C16H16F2N2O. The molecule has 0 spiro atoms. The maximum atomic E-state index is 13.0. The van der Waals surface area contributed by atoms with Crippen molar-refractivity contribution in [1.82, 2.24) is 4.98 Å². The lowest BCUT2D eigenvalue weighted by molar-refractivity contribution is 0.102. The Morgan fingerprint density at radius 2 is 1.57 bits per heavy atom. The lowest BCUT2D eigenvalue weighted by Crippen LogP contribution is -2.14. The van der Waals surface area contributed by atoms with Crippen LogP contribution < -0.4 is 5.32 Å². The van der Waals surface area contributed by atoms with Crippen molar-refractivity contribution in [3.63, 3.8) is 0 Å². The van der Waals surface area contributed by atoms with Gasteiger partial charge in [0, 0.05) is 23.4 Å². The van der Waals surface area contributed by atoms with E-state index in [0.29, 0.717) is 5.69 Å². The van der Waals surface area contributed by atoms with Gasteiger partial charge in [-0.15, -0.1) is 0 Å². The number of pyridine rings is 1. The highest BCUT2D eigenvalue weighted by atomic mass is 19.1. The van der Waals surface area contributed by atoms with Gasteiger partial charge < -0.3 is 5.32 Å². The van der Waals surface area contributed by atoms with Crippen molar-refractivity contribution in [3.8, 4) is 0 Å². The van der Waals surface area contributed by atoms with Gasteiger partial charge in [0.15, 0.2) is 0 Å². The van der Waals surface area contributed by atoms with Crippen LogP contribution in [0.25, 0.3) is 0 Å². The van der Waals surface area contributed by atoms with Crippen molar-refractivity contribution in [2.75, 3.05) is 5.32 Å². The first-order valence-corrected chi connectivity index (χ1v) is 6.51. The van der Waals surface area contributed by atoms with Gasteiger partial charge in [0.05, 0.1) is 0 Å². The minimum Gasteiger partial charge on any atom is -0.322 e. The number of hydrogen-bond acceptors (Lipinski definition) is 2. The standard InChI is InChI=1S/C16H16F2N2O/c1-16(2,3)11-4-6-12(7-5-11)19-15(21)10-8-13(17)20-14(18)9-10/h4-9H,1-3H3,(H,19,21).